The van der Waals surface area contributed by atoms with Crippen molar-refractivity contribution in [1.82, 2.24) is 0 Å². The van der Waals surface area contributed by atoms with Crippen LogP contribution in [0, 0.1) is 0 Å². The molecule has 0 aromatic heterocycles. The summed E-state index contributed by atoms with van der Waals surface area (Å²) in [5, 5.41) is 0. The van der Waals surface area contributed by atoms with Crippen LogP contribution in [0.5, 0.6) is 5.75 Å². The third-order valence-corrected chi connectivity index (χ3v) is 3.07. The van der Waals surface area contributed by atoms with E-state index in [-0.39, 0.29) is 0 Å². The van der Waals surface area contributed by atoms with Gasteiger partial charge in [0.05, 0.1) is 0 Å². The van der Waals surface area contributed by atoms with Gasteiger partial charge in [0.2, 0.25) is 0 Å². The van der Waals surface area contributed by atoms with Gasteiger partial charge < -0.3 is 4.74 Å². The number of benzene rings is 1. The van der Waals surface area contributed by atoms with Crippen LogP contribution in [-0.2, 0) is 0 Å². The molecule has 0 N–H and O–H groups in total. The smallest absolute Gasteiger partial charge is 0.134 e. The van der Waals surface area contributed by atoms with Gasteiger partial charge in [0, 0.05) is 12.0 Å². The number of fused-ring (bicyclic) bond motifs is 1. The van der Waals surface area contributed by atoms with E-state index in [1.54, 1.807) is 0 Å². The first-order valence-electron chi connectivity index (χ1n) is 5.90. The first kappa shape index (κ1) is 11.0. The second kappa shape index (κ2) is 4.56. The van der Waals surface area contributed by atoms with E-state index < -0.39 is 0 Å². The van der Waals surface area contributed by atoms with Crippen LogP contribution in [0.1, 0.15) is 38.7 Å². The molecular weight excluding hydrogens is 196 g/mol. The van der Waals surface area contributed by atoms with E-state index in [1.165, 1.54) is 18.4 Å². The highest BCUT2D eigenvalue weighted by Crippen LogP contribution is 2.38. The Morgan fingerprint density at radius 2 is 2.00 bits per heavy atom. The molecule has 1 aromatic carbocycles. The summed E-state index contributed by atoms with van der Waals surface area (Å²) in [5.74, 6) is 2.04. The van der Waals surface area contributed by atoms with Crippen LogP contribution in [0.4, 0.5) is 0 Å². The molecular formula is C15H18O. The van der Waals surface area contributed by atoms with Gasteiger partial charge in [-0.15, -0.1) is 0 Å². The van der Waals surface area contributed by atoms with Crippen molar-refractivity contribution in [2.24, 2.45) is 0 Å². The standard InChI is InChI=1S/C15H18O/c1-4-5-9-14-12(3)11(2)13-8-6-7-10-15(13)16-14/h6-8,10H,2,4-5,9H2,1,3H3. The molecule has 16 heavy (non-hydrogen) atoms. The predicted molar refractivity (Wildman–Crippen MR) is 68.3 cm³/mol. The Labute approximate surface area is 97.4 Å². The lowest BCUT2D eigenvalue weighted by molar-refractivity contribution is 0.388. The molecule has 0 radical (unpaired) electrons. The summed E-state index contributed by atoms with van der Waals surface area (Å²) in [6.07, 6.45) is 3.37. The Morgan fingerprint density at radius 3 is 2.75 bits per heavy atom. The summed E-state index contributed by atoms with van der Waals surface area (Å²) in [7, 11) is 0. The van der Waals surface area contributed by atoms with Crippen molar-refractivity contribution < 1.29 is 4.74 Å². The van der Waals surface area contributed by atoms with Crippen molar-refractivity contribution in [3.8, 4) is 5.75 Å². The zero-order valence-electron chi connectivity index (χ0n) is 10.0. The van der Waals surface area contributed by atoms with Gasteiger partial charge in [0.1, 0.15) is 11.5 Å². The monoisotopic (exact) mass is 214 g/mol. The highest BCUT2D eigenvalue weighted by atomic mass is 16.5. The Hall–Kier alpha value is -1.50. The number of para-hydroxylation sites is 1. The number of ether oxygens (including phenoxy) is 1. The summed E-state index contributed by atoms with van der Waals surface area (Å²) in [4.78, 5) is 0. The van der Waals surface area contributed by atoms with E-state index in [0.29, 0.717) is 0 Å². The fraction of sp³-hybridized carbons (Fsp3) is 0.333. The molecule has 1 heteroatoms. The Bertz CT molecular complexity index is 441. The first-order chi connectivity index (χ1) is 7.74. The Kier molecular flexibility index (Phi) is 3.14. The maximum absolute atomic E-state index is 5.94. The van der Waals surface area contributed by atoms with Crippen LogP contribution < -0.4 is 4.74 Å². The van der Waals surface area contributed by atoms with E-state index in [4.69, 9.17) is 4.74 Å². The topological polar surface area (TPSA) is 9.23 Å². The highest BCUT2D eigenvalue weighted by Gasteiger charge is 2.19. The van der Waals surface area contributed by atoms with Gasteiger partial charge in [0.15, 0.2) is 0 Å². The molecule has 84 valence electrons. The zero-order valence-corrected chi connectivity index (χ0v) is 10.0. The normalized spacial score (nSPS) is 14.8. The molecule has 0 amide bonds. The number of unbranched alkanes of at least 4 members (excludes halogenated alkanes) is 1. The largest absolute Gasteiger partial charge is 0.461 e. The molecule has 1 aliphatic rings. The summed E-state index contributed by atoms with van der Waals surface area (Å²) in [6, 6.07) is 8.11. The molecule has 0 aliphatic carbocycles. The average molecular weight is 214 g/mol. The fourth-order valence-electron chi connectivity index (χ4n) is 1.96. The average Bonchev–Trinajstić information content (AvgIpc) is 2.32. The molecule has 0 saturated carbocycles. The van der Waals surface area contributed by atoms with E-state index in [0.717, 1.165) is 29.1 Å². The summed E-state index contributed by atoms with van der Waals surface area (Å²) >= 11 is 0. The minimum Gasteiger partial charge on any atom is -0.461 e. The maximum Gasteiger partial charge on any atom is 0.134 e. The number of rotatable bonds is 3. The van der Waals surface area contributed by atoms with Gasteiger partial charge in [-0.05, 0) is 30.6 Å². The Morgan fingerprint density at radius 1 is 1.25 bits per heavy atom. The van der Waals surface area contributed by atoms with E-state index in [1.807, 2.05) is 18.2 Å². The molecule has 1 nitrogen and oxygen atoms in total. The molecule has 0 fully saturated rings. The fourth-order valence-corrected chi connectivity index (χ4v) is 1.96. The van der Waals surface area contributed by atoms with Crippen molar-refractivity contribution in [3.63, 3.8) is 0 Å². The molecule has 1 aliphatic heterocycles. The third-order valence-electron chi connectivity index (χ3n) is 3.07. The van der Waals surface area contributed by atoms with E-state index in [2.05, 4.69) is 26.5 Å². The van der Waals surface area contributed by atoms with Crippen LogP contribution in [-0.4, -0.2) is 0 Å². The minimum absolute atomic E-state index is 0.948. The lowest BCUT2D eigenvalue weighted by atomic mass is 9.95. The highest BCUT2D eigenvalue weighted by molar-refractivity contribution is 5.82. The van der Waals surface area contributed by atoms with Gasteiger partial charge in [-0.1, -0.05) is 38.1 Å². The van der Waals surface area contributed by atoms with E-state index >= 15 is 0 Å². The number of hydrogen-bond acceptors (Lipinski definition) is 1. The molecule has 1 heterocycles. The summed E-state index contributed by atoms with van der Waals surface area (Å²) in [5.41, 5.74) is 3.43. The second-order valence-electron chi connectivity index (χ2n) is 4.23. The van der Waals surface area contributed by atoms with Crippen molar-refractivity contribution in [2.75, 3.05) is 0 Å². The third kappa shape index (κ3) is 1.90. The zero-order chi connectivity index (χ0) is 11.5. The molecule has 1 aromatic rings. The quantitative estimate of drug-likeness (QED) is 0.717. The molecule has 0 saturated heterocycles. The molecule has 0 unspecified atom stereocenters. The maximum atomic E-state index is 5.94. The lowest BCUT2D eigenvalue weighted by Gasteiger charge is -2.23. The summed E-state index contributed by atoms with van der Waals surface area (Å²) < 4.78 is 5.94. The van der Waals surface area contributed by atoms with Gasteiger partial charge >= 0.3 is 0 Å². The van der Waals surface area contributed by atoms with Gasteiger partial charge in [-0.25, -0.2) is 0 Å². The van der Waals surface area contributed by atoms with Crippen molar-refractivity contribution in [2.45, 2.75) is 33.1 Å². The predicted octanol–water partition coefficient (Wildman–Crippen LogP) is 4.56. The lowest BCUT2D eigenvalue weighted by Crippen LogP contribution is -2.07. The van der Waals surface area contributed by atoms with Gasteiger partial charge in [-0.2, -0.15) is 0 Å². The molecule has 0 spiro atoms. The second-order valence-corrected chi connectivity index (χ2v) is 4.23. The van der Waals surface area contributed by atoms with Crippen molar-refractivity contribution in [3.05, 3.63) is 47.7 Å². The van der Waals surface area contributed by atoms with Crippen LogP contribution in [0.2, 0.25) is 0 Å². The molecule has 0 bridgehead atoms. The minimum atomic E-state index is 0.948. The van der Waals surface area contributed by atoms with Crippen molar-refractivity contribution >= 4 is 5.57 Å². The molecule has 2 rings (SSSR count). The van der Waals surface area contributed by atoms with Crippen LogP contribution in [0.25, 0.3) is 5.57 Å². The Balaban J connectivity index is 2.31. The van der Waals surface area contributed by atoms with Crippen LogP contribution >= 0.6 is 0 Å². The van der Waals surface area contributed by atoms with Crippen LogP contribution in [0.15, 0.2) is 42.2 Å². The number of hydrogen-bond donors (Lipinski definition) is 0. The number of allylic oxidation sites excluding steroid dienone is 3. The van der Waals surface area contributed by atoms with Crippen molar-refractivity contribution in [1.29, 1.82) is 0 Å². The molecule has 0 atom stereocenters. The van der Waals surface area contributed by atoms with Gasteiger partial charge in [0.25, 0.3) is 0 Å². The SMILES string of the molecule is C=C1C(C)=C(CCCC)Oc2ccccc21. The van der Waals surface area contributed by atoms with Gasteiger partial charge in [-0.3, -0.25) is 0 Å². The van der Waals surface area contributed by atoms with Crippen LogP contribution in [0.3, 0.4) is 0 Å². The summed E-state index contributed by atoms with van der Waals surface area (Å²) in [6.45, 7) is 8.45. The van der Waals surface area contributed by atoms with E-state index in [9.17, 15) is 0 Å². The first-order valence-corrected chi connectivity index (χ1v) is 5.90.